The van der Waals surface area contributed by atoms with Gasteiger partial charge in [0.25, 0.3) is 0 Å². The van der Waals surface area contributed by atoms with Gasteiger partial charge in [0.15, 0.2) is 6.61 Å². The van der Waals surface area contributed by atoms with E-state index in [4.69, 9.17) is 14.6 Å². The summed E-state index contributed by atoms with van der Waals surface area (Å²) in [5.41, 5.74) is 3.29. The first-order valence-corrected chi connectivity index (χ1v) is 9.23. The van der Waals surface area contributed by atoms with Crippen molar-refractivity contribution in [1.82, 2.24) is 0 Å². The lowest BCUT2D eigenvalue weighted by atomic mass is 9.96. The molecule has 0 saturated carbocycles. The first kappa shape index (κ1) is 18.6. The first-order valence-electron chi connectivity index (χ1n) is 9.23. The molecule has 146 valence electrons. The molecule has 0 saturated heterocycles. The number of hydrogen-bond acceptors (Lipinski definition) is 4. The number of anilines is 1. The minimum Gasteiger partial charge on any atom is -0.481 e. The number of fused-ring (bicyclic) bond motifs is 1. The van der Waals surface area contributed by atoms with Crippen LogP contribution in [0.3, 0.4) is 0 Å². The number of carbonyl (C=O) groups is 2. The minimum absolute atomic E-state index is 0.0585. The van der Waals surface area contributed by atoms with Gasteiger partial charge in [-0.25, -0.2) is 4.79 Å². The number of carboxylic acids is 1. The van der Waals surface area contributed by atoms with E-state index in [1.54, 1.807) is 6.07 Å². The third kappa shape index (κ3) is 4.38. The van der Waals surface area contributed by atoms with Crippen molar-refractivity contribution in [2.24, 2.45) is 0 Å². The Morgan fingerprint density at radius 2 is 1.69 bits per heavy atom. The maximum absolute atomic E-state index is 11.7. The zero-order valence-corrected chi connectivity index (χ0v) is 15.6. The summed E-state index contributed by atoms with van der Waals surface area (Å²) in [6.07, 6.45) is 1.05. The van der Waals surface area contributed by atoms with Crippen LogP contribution in [0, 0.1) is 0 Å². The van der Waals surface area contributed by atoms with Gasteiger partial charge in [-0.2, -0.15) is 0 Å². The molecule has 1 amide bonds. The van der Waals surface area contributed by atoms with Crippen LogP contribution in [0.4, 0.5) is 5.69 Å². The van der Waals surface area contributed by atoms with Gasteiger partial charge < -0.3 is 19.9 Å². The van der Waals surface area contributed by atoms with E-state index in [9.17, 15) is 9.59 Å². The van der Waals surface area contributed by atoms with E-state index in [0.717, 1.165) is 22.4 Å². The van der Waals surface area contributed by atoms with Crippen LogP contribution < -0.4 is 14.8 Å². The van der Waals surface area contributed by atoms with Crippen molar-refractivity contribution in [1.29, 1.82) is 0 Å². The fourth-order valence-corrected chi connectivity index (χ4v) is 3.22. The Morgan fingerprint density at radius 3 is 2.41 bits per heavy atom. The van der Waals surface area contributed by atoms with Gasteiger partial charge in [-0.15, -0.1) is 0 Å². The number of aryl methyl sites for hydroxylation is 1. The van der Waals surface area contributed by atoms with Crippen molar-refractivity contribution >= 4 is 17.6 Å². The van der Waals surface area contributed by atoms with Gasteiger partial charge in [0.1, 0.15) is 17.2 Å². The van der Waals surface area contributed by atoms with Crippen molar-refractivity contribution in [3.8, 4) is 28.4 Å². The van der Waals surface area contributed by atoms with Crippen molar-refractivity contribution < 1.29 is 24.2 Å². The number of carbonyl (C=O) groups excluding carboxylic acids is 1. The predicted molar refractivity (Wildman–Crippen MR) is 108 cm³/mol. The van der Waals surface area contributed by atoms with Crippen LogP contribution in [0.1, 0.15) is 12.0 Å². The van der Waals surface area contributed by atoms with Gasteiger partial charge in [-0.05, 0) is 47.9 Å². The van der Waals surface area contributed by atoms with Gasteiger partial charge in [0, 0.05) is 23.7 Å². The highest BCUT2D eigenvalue weighted by atomic mass is 16.5. The Hall–Kier alpha value is -3.80. The predicted octanol–water partition coefficient (Wildman–Crippen LogP) is 4.49. The molecule has 0 aromatic heterocycles. The summed E-state index contributed by atoms with van der Waals surface area (Å²) < 4.78 is 11.3. The highest BCUT2D eigenvalue weighted by Crippen LogP contribution is 2.38. The summed E-state index contributed by atoms with van der Waals surface area (Å²) in [7, 11) is 0. The summed E-state index contributed by atoms with van der Waals surface area (Å²) in [6, 6.07) is 20.6. The monoisotopic (exact) mass is 389 g/mol. The molecule has 29 heavy (non-hydrogen) atoms. The Labute approximate surface area is 167 Å². The Balaban J connectivity index is 1.65. The topological polar surface area (TPSA) is 84.9 Å². The Kier molecular flexibility index (Phi) is 5.16. The highest BCUT2D eigenvalue weighted by molar-refractivity contribution is 5.95. The molecule has 0 atom stereocenters. The summed E-state index contributed by atoms with van der Waals surface area (Å²) in [5, 5.41) is 11.8. The largest absolute Gasteiger partial charge is 0.481 e. The zero-order chi connectivity index (χ0) is 20.2. The third-order valence-electron chi connectivity index (χ3n) is 4.60. The molecule has 0 bridgehead atoms. The van der Waals surface area contributed by atoms with Crippen LogP contribution in [-0.4, -0.2) is 23.6 Å². The third-order valence-corrected chi connectivity index (χ3v) is 4.60. The molecule has 0 spiro atoms. The van der Waals surface area contributed by atoms with Crippen LogP contribution in [0.25, 0.3) is 11.1 Å². The van der Waals surface area contributed by atoms with E-state index in [1.165, 1.54) is 0 Å². The van der Waals surface area contributed by atoms with Gasteiger partial charge in [0.05, 0.1) is 0 Å². The SMILES string of the molecule is O=C(O)COc1cc2c(cc1-c1ccc(Oc3ccccc3)cc1)CCC(=O)N2. The van der Waals surface area contributed by atoms with E-state index in [-0.39, 0.29) is 5.91 Å². The number of amides is 1. The molecule has 3 aromatic carbocycles. The molecule has 6 nitrogen and oxygen atoms in total. The van der Waals surface area contributed by atoms with Gasteiger partial charge in [-0.1, -0.05) is 30.3 Å². The van der Waals surface area contributed by atoms with Crippen LogP contribution in [-0.2, 0) is 16.0 Å². The number of aliphatic carboxylic acids is 1. The molecule has 3 aromatic rings. The molecule has 2 N–H and O–H groups in total. The molecule has 4 rings (SSSR count). The second-order valence-electron chi connectivity index (χ2n) is 6.68. The number of carboxylic acid groups (broad SMARTS) is 1. The maximum atomic E-state index is 11.7. The number of nitrogens with one attached hydrogen (secondary N) is 1. The molecular weight excluding hydrogens is 370 g/mol. The average Bonchev–Trinajstić information content (AvgIpc) is 2.73. The van der Waals surface area contributed by atoms with Crippen LogP contribution in [0.15, 0.2) is 66.7 Å². The van der Waals surface area contributed by atoms with Crippen molar-refractivity contribution in [3.63, 3.8) is 0 Å². The Bertz CT molecular complexity index is 1040. The summed E-state index contributed by atoms with van der Waals surface area (Å²) in [5.74, 6) is 0.722. The second-order valence-corrected chi connectivity index (χ2v) is 6.68. The minimum atomic E-state index is -1.07. The molecule has 0 fully saturated rings. The van der Waals surface area contributed by atoms with E-state index < -0.39 is 12.6 Å². The zero-order valence-electron chi connectivity index (χ0n) is 15.6. The van der Waals surface area contributed by atoms with Gasteiger partial charge in [-0.3, -0.25) is 4.79 Å². The Morgan fingerprint density at radius 1 is 0.966 bits per heavy atom. The molecule has 0 radical (unpaired) electrons. The van der Waals surface area contributed by atoms with E-state index in [0.29, 0.717) is 30.0 Å². The first-order chi connectivity index (χ1) is 14.1. The van der Waals surface area contributed by atoms with E-state index >= 15 is 0 Å². The quantitative estimate of drug-likeness (QED) is 0.649. The van der Waals surface area contributed by atoms with Crippen molar-refractivity contribution in [3.05, 3.63) is 72.3 Å². The van der Waals surface area contributed by atoms with Crippen LogP contribution in [0.5, 0.6) is 17.2 Å². The van der Waals surface area contributed by atoms with Crippen LogP contribution in [0.2, 0.25) is 0 Å². The van der Waals surface area contributed by atoms with E-state index in [1.807, 2.05) is 60.7 Å². The second kappa shape index (κ2) is 8.06. The normalized spacial score (nSPS) is 12.6. The molecule has 1 aliphatic rings. The van der Waals surface area contributed by atoms with Gasteiger partial charge in [0.2, 0.25) is 5.91 Å². The number of hydrogen-bond donors (Lipinski definition) is 2. The van der Waals surface area contributed by atoms with E-state index in [2.05, 4.69) is 5.32 Å². The van der Waals surface area contributed by atoms with Crippen molar-refractivity contribution in [2.45, 2.75) is 12.8 Å². The van der Waals surface area contributed by atoms with Crippen molar-refractivity contribution in [2.75, 3.05) is 11.9 Å². The lowest BCUT2D eigenvalue weighted by Crippen LogP contribution is -2.19. The number of benzene rings is 3. The molecule has 1 aliphatic heterocycles. The lowest BCUT2D eigenvalue weighted by molar-refractivity contribution is -0.139. The highest BCUT2D eigenvalue weighted by Gasteiger charge is 2.19. The average molecular weight is 389 g/mol. The summed E-state index contributed by atoms with van der Waals surface area (Å²) >= 11 is 0. The fraction of sp³-hybridized carbons (Fsp3) is 0.130. The smallest absolute Gasteiger partial charge is 0.341 e. The number of ether oxygens (including phenoxy) is 2. The maximum Gasteiger partial charge on any atom is 0.341 e. The molecule has 0 unspecified atom stereocenters. The molecule has 1 heterocycles. The van der Waals surface area contributed by atoms with Gasteiger partial charge >= 0.3 is 5.97 Å². The summed E-state index contributed by atoms with van der Waals surface area (Å²) in [4.78, 5) is 22.7. The molecular formula is C23H19NO5. The molecule has 6 heteroatoms. The summed E-state index contributed by atoms with van der Waals surface area (Å²) in [6.45, 7) is -0.463. The van der Waals surface area contributed by atoms with Crippen LogP contribution >= 0.6 is 0 Å². The fourth-order valence-electron chi connectivity index (χ4n) is 3.22. The lowest BCUT2D eigenvalue weighted by Gasteiger charge is -2.20. The number of para-hydroxylation sites is 1. The molecule has 0 aliphatic carbocycles. The number of rotatable bonds is 6. The standard InChI is InChI=1S/C23H19NO5/c25-22-11-8-16-12-19(21(13-20(16)24-22)28-14-23(26)27)15-6-9-18(10-7-15)29-17-4-2-1-3-5-17/h1-7,9-10,12-13H,8,11,14H2,(H,24,25)(H,26,27).